The summed E-state index contributed by atoms with van der Waals surface area (Å²) in [6.45, 7) is 1.89. The van der Waals surface area contributed by atoms with E-state index in [1.807, 2.05) is 32.3 Å². The number of nitrogens with zero attached hydrogens (tertiary/aromatic N) is 3. The van der Waals surface area contributed by atoms with Crippen molar-refractivity contribution < 1.29 is 8.42 Å². The van der Waals surface area contributed by atoms with Gasteiger partial charge >= 0.3 is 0 Å². The highest BCUT2D eigenvalue weighted by Crippen LogP contribution is 2.22. The third-order valence-electron chi connectivity index (χ3n) is 4.72. The van der Waals surface area contributed by atoms with Gasteiger partial charge in [0.2, 0.25) is 10.0 Å². The van der Waals surface area contributed by atoms with E-state index in [-0.39, 0.29) is 10.9 Å². The van der Waals surface area contributed by atoms with Crippen LogP contribution in [0.3, 0.4) is 0 Å². The van der Waals surface area contributed by atoms with Crippen molar-refractivity contribution in [2.24, 2.45) is 0 Å². The molecule has 0 radical (unpaired) electrons. The highest BCUT2D eigenvalue weighted by atomic mass is 32.2. The lowest BCUT2D eigenvalue weighted by molar-refractivity contribution is 0.311. The van der Waals surface area contributed by atoms with E-state index < -0.39 is 10.0 Å². The van der Waals surface area contributed by atoms with Crippen LogP contribution in [0.2, 0.25) is 0 Å². The van der Waals surface area contributed by atoms with Crippen molar-refractivity contribution in [3.63, 3.8) is 0 Å². The van der Waals surface area contributed by atoms with Gasteiger partial charge in [0.05, 0.1) is 6.04 Å². The molecule has 1 saturated heterocycles. The number of rotatable bonds is 7. The van der Waals surface area contributed by atoms with Gasteiger partial charge in [-0.3, -0.25) is 0 Å². The van der Waals surface area contributed by atoms with Crippen molar-refractivity contribution >= 4 is 15.8 Å². The highest BCUT2D eigenvalue weighted by Gasteiger charge is 2.27. The van der Waals surface area contributed by atoms with Gasteiger partial charge in [-0.1, -0.05) is 30.3 Å². The zero-order valence-electron chi connectivity index (χ0n) is 15.3. The van der Waals surface area contributed by atoms with Crippen LogP contribution in [0.25, 0.3) is 0 Å². The van der Waals surface area contributed by atoms with Crippen LogP contribution in [-0.2, 0) is 10.0 Å². The van der Waals surface area contributed by atoms with Crippen molar-refractivity contribution in [1.29, 1.82) is 0 Å². The van der Waals surface area contributed by atoms with Crippen LogP contribution in [0, 0.1) is 0 Å². The van der Waals surface area contributed by atoms with Crippen LogP contribution in [0.4, 0.5) is 5.82 Å². The van der Waals surface area contributed by atoms with Gasteiger partial charge in [-0.15, -0.1) is 0 Å². The predicted octanol–water partition coefficient (Wildman–Crippen LogP) is 2.58. The van der Waals surface area contributed by atoms with E-state index in [0.29, 0.717) is 25.5 Å². The molecular formula is C19H26N4O2S. The first kappa shape index (κ1) is 18.8. The average molecular weight is 375 g/mol. The average Bonchev–Trinajstić information content (AvgIpc) is 3.18. The number of likely N-dealkylation sites (N-methyl/N-ethyl adjacent to an activating group) is 1. The standard InChI is InChI=1S/C19H26N4O2S/c1-22(2)18(16-8-4-3-5-9-16)15-21-19-11-10-17(14-20-19)26(24,25)23-12-6-7-13-23/h3-5,8-11,14,18H,6-7,12-13,15H2,1-2H3,(H,20,21)/t18-/m1/s1. The Labute approximate surface area is 155 Å². The van der Waals surface area contributed by atoms with E-state index in [0.717, 1.165) is 12.8 Å². The molecule has 6 nitrogen and oxygen atoms in total. The number of sulfonamides is 1. The molecule has 1 aliphatic heterocycles. The minimum Gasteiger partial charge on any atom is -0.368 e. The monoisotopic (exact) mass is 374 g/mol. The summed E-state index contributed by atoms with van der Waals surface area (Å²) >= 11 is 0. The molecule has 0 bridgehead atoms. The van der Waals surface area contributed by atoms with Gasteiger partial charge in [0.25, 0.3) is 0 Å². The van der Waals surface area contributed by atoms with E-state index >= 15 is 0 Å². The Hall–Kier alpha value is -1.96. The van der Waals surface area contributed by atoms with E-state index in [9.17, 15) is 8.42 Å². The van der Waals surface area contributed by atoms with E-state index in [1.165, 1.54) is 16.1 Å². The third kappa shape index (κ3) is 4.23. The molecule has 0 aliphatic carbocycles. The molecule has 0 spiro atoms. The largest absolute Gasteiger partial charge is 0.368 e. The second-order valence-electron chi connectivity index (χ2n) is 6.76. The molecular weight excluding hydrogens is 348 g/mol. The number of benzene rings is 1. The highest BCUT2D eigenvalue weighted by molar-refractivity contribution is 7.89. The molecule has 2 aromatic rings. The Kier molecular flexibility index (Phi) is 5.90. The van der Waals surface area contributed by atoms with Gasteiger partial charge < -0.3 is 10.2 Å². The predicted molar refractivity (Wildman–Crippen MR) is 104 cm³/mol. The first-order valence-electron chi connectivity index (χ1n) is 8.90. The summed E-state index contributed by atoms with van der Waals surface area (Å²) in [7, 11) is 0.672. The SMILES string of the molecule is CN(C)[C@H](CNc1ccc(S(=O)(=O)N2CCCC2)cn1)c1ccccc1. The molecule has 1 aromatic heterocycles. The van der Waals surface area contributed by atoms with Gasteiger partial charge in [-0.2, -0.15) is 4.31 Å². The Balaban J connectivity index is 1.67. The zero-order valence-corrected chi connectivity index (χ0v) is 16.1. The Morgan fingerprint density at radius 1 is 1.12 bits per heavy atom. The van der Waals surface area contributed by atoms with Crippen LogP contribution >= 0.6 is 0 Å². The van der Waals surface area contributed by atoms with Crippen LogP contribution in [-0.4, -0.2) is 56.3 Å². The fraction of sp³-hybridized carbons (Fsp3) is 0.421. The molecule has 1 fully saturated rings. The zero-order chi connectivity index (χ0) is 18.6. The lowest BCUT2D eigenvalue weighted by Gasteiger charge is -2.25. The Morgan fingerprint density at radius 3 is 2.38 bits per heavy atom. The number of nitrogens with one attached hydrogen (secondary N) is 1. The van der Waals surface area contributed by atoms with Crippen LogP contribution in [0.5, 0.6) is 0 Å². The van der Waals surface area contributed by atoms with Crippen molar-refractivity contribution in [2.45, 2.75) is 23.8 Å². The molecule has 1 aromatic carbocycles. The van der Waals surface area contributed by atoms with E-state index in [4.69, 9.17) is 0 Å². The Morgan fingerprint density at radius 2 is 1.81 bits per heavy atom. The van der Waals surface area contributed by atoms with Gasteiger partial charge in [-0.05, 0) is 44.6 Å². The number of pyridine rings is 1. The van der Waals surface area contributed by atoms with Crippen molar-refractivity contribution in [3.05, 3.63) is 54.2 Å². The van der Waals surface area contributed by atoms with Gasteiger partial charge in [0.1, 0.15) is 10.7 Å². The maximum Gasteiger partial charge on any atom is 0.244 e. The second-order valence-corrected chi connectivity index (χ2v) is 8.70. The molecule has 2 heterocycles. The molecule has 0 amide bonds. The fourth-order valence-corrected chi connectivity index (χ4v) is 4.65. The lowest BCUT2D eigenvalue weighted by atomic mass is 10.1. The van der Waals surface area contributed by atoms with E-state index in [2.05, 4.69) is 27.3 Å². The summed E-state index contributed by atoms with van der Waals surface area (Å²) in [5.41, 5.74) is 1.22. The number of aromatic nitrogens is 1. The normalized spacial score (nSPS) is 16.7. The molecule has 1 N–H and O–H groups in total. The summed E-state index contributed by atoms with van der Waals surface area (Å²) in [6, 6.07) is 13.8. The lowest BCUT2D eigenvalue weighted by Crippen LogP contribution is -2.28. The molecule has 3 rings (SSSR count). The summed E-state index contributed by atoms with van der Waals surface area (Å²) in [5, 5.41) is 3.31. The fourth-order valence-electron chi connectivity index (χ4n) is 3.19. The van der Waals surface area contributed by atoms with Crippen LogP contribution in [0.1, 0.15) is 24.4 Å². The molecule has 140 valence electrons. The third-order valence-corrected chi connectivity index (χ3v) is 6.61. The molecule has 0 unspecified atom stereocenters. The minimum absolute atomic E-state index is 0.200. The molecule has 1 atom stereocenters. The number of hydrogen-bond acceptors (Lipinski definition) is 5. The second kappa shape index (κ2) is 8.16. The maximum absolute atomic E-state index is 12.5. The first-order valence-corrected chi connectivity index (χ1v) is 10.3. The molecule has 0 saturated carbocycles. The quantitative estimate of drug-likeness (QED) is 0.807. The maximum atomic E-state index is 12.5. The van der Waals surface area contributed by atoms with Gasteiger partial charge in [0.15, 0.2) is 0 Å². The van der Waals surface area contributed by atoms with Gasteiger partial charge in [0, 0.05) is 25.8 Å². The first-order chi connectivity index (χ1) is 12.5. The smallest absolute Gasteiger partial charge is 0.244 e. The van der Waals surface area contributed by atoms with Crippen LogP contribution < -0.4 is 5.32 Å². The molecule has 26 heavy (non-hydrogen) atoms. The summed E-state index contributed by atoms with van der Waals surface area (Å²) in [6.07, 6.45) is 3.30. The van der Waals surface area contributed by atoms with Gasteiger partial charge in [-0.25, -0.2) is 13.4 Å². The summed E-state index contributed by atoms with van der Waals surface area (Å²) in [4.78, 5) is 6.71. The number of anilines is 1. The Bertz CT molecular complexity index is 801. The van der Waals surface area contributed by atoms with Crippen molar-refractivity contribution in [3.8, 4) is 0 Å². The summed E-state index contributed by atoms with van der Waals surface area (Å²) in [5.74, 6) is 0.674. The van der Waals surface area contributed by atoms with Crippen LogP contribution in [0.15, 0.2) is 53.6 Å². The van der Waals surface area contributed by atoms with Crippen molar-refractivity contribution in [1.82, 2.24) is 14.2 Å². The van der Waals surface area contributed by atoms with Crippen molar-refractivity contribution in [2.75, 3.05) is 39.0 Å². The minimum atomic E-state index is -3.41. The summed E-state index contributed by atoms with van der Waals surface area (Å²) < 4.78 is 26.6. The number of hydrogen-bond donors (Lipinski definition) is 1. The topological polar surface area (TPSA) is 65.5 Å². The molecule has 7 heteroatoms. The van der Waals surface area contributed by atoms with E-state index in [1.54, 1.807) is 12.1 Å². The molecule has 1 aliphatic rings.